The van der Waals surface area contributed by atoms with Gasteiger partial charge in [-0.2, -0.15) is 0 Å². The lowest BCUT2D eigenvalue weighted by molar-refractivity contribution is -0.144. The van der Waals surface area contributed by atoms with E-state index in [9.17, 15) is 14.7 Å². The fraction of sp³-hybridized carbons (Fsp3) is 0.529. The van der Waals surface area contributed by atoms with Crippen LogP contribution in [0.25, 0.3) is 0 Å². The number of carboxylic acid groups (broad SMARTS) is 1. The lowest BCUT2D eigenvalue weighted by Crippen LogP contribution is -2.46. The van der Waals surface area contributed by atoms with E-state index in [4.69, 9.17) is 27.9 Å². The van der Waals surface area contributed by atoms with E-state index in [-0.39, 0.29) is 12.5 Å². The Morgan fingerprint density at radius 3 is 2.46 bits per heavy atom. The molecular formula is C17H21Cl2NO4. The Hall–Kier alpha value is -1.46. The van der Waals surface area contributed by atoms with Gasteiger partial charge in [0.2, 0.25) is 0 Å². The van der Waals surface area contributed by atoms with Crippen LogP contribution in [-0.2, 0) is 9.53 Å². The van der Waals surface area contributed by atoms with Crippen molar-refractivity contribution < 1.29 is 19.4 Å². The van der Waals surface area contributed by atoms with E-state index in [1.165, 1.54) is 0 Å². The molecule has 1 N–H and O–H groups in total. The van der Waals surface area contributed by atoms with E-state index in [1.54, 1.807) is 43.9 Å². The molecule has 0 aromatic heterocycles. The molecule has 1 aliphatic rings. The Morgan fingerprint density at radius 1 is 1.25 bits per heavy atom. The standard InChI is InChI=1S/C17H21Cl2NO4/c1-17(2,3)24-16(23)20-7-6-11(15(21)22)12(9-20)10-4-5-13(18)14(19)8-10/h4-5,8,11-12H,6-7,9H2,1-3H3,(H,21,22)/t11-,12+/m1/s1. The molecule has 0 bridgehead atoms. The molecule has 0 saturated carbocycles. The van der Waals surface area contributed by atoms with Crippen LogP contribution < -0.4 is 0 Å². The van der Waals surface area contributed by atoms with Gasteiger partial charge in [0.05, 0.1) is 16.0 Å². The predicted octanol–water partition coefficient (Wildman–Crippen LogP) is 4.42. The molecule has 1 aromatic rings. The normalized spacial score (nSPS) is 21.5. The van der Waals surface area contributed by atoms with Crippen LogP contribution in [0, 0.1) is 5.92 Å². The van der Waals surface area contributed by atoms with E-state index >= 15 is 0 Å². The number of hydrogen-bond acceptors (Lipinski definition) is 3. The van der Waals surface area contributed by atoms with Gasteiger partial charge in [-0.25, -0.2) is 4.79 Å². The molecule has 5 nitrogen and oxygen atoms in total. The summed E-state index contributed by atoms with van der Waals surface area (Å²) in [5.74, 6) is -1.82. The minimum absolute atomic E-state index is 0.268. The summed E-state index contributed by atoms with van der Waals surface area (Å²) in [5, 5.41) is 10.3. The molecule has 0 radical (unpaired) electrons. The highest BCUT2D eigenvalue weighted by molar-refractivity contribution is 6.42. The third-order valence-electron chi connectivity index (χ3n) is 3.95. The van der Waals surface area contributed by atoms with Gasteiger partial charge in [-0.05, 0) is 44.9 Å². The van der Waals surface area contributed by atoms with E-state index in [0.717, 1.165) is 5.56 Å². The Balaban J connectivity index is 2.25. The Labute approximate surface area is 151 Å². The SMILES string of the molecule is CC(C)(C)OC(=O)N1CC[C@@H](C(=O)O)[C@H](c2ccc(Cl)c(Cl)c2)C1. The second kappa shape index (κ2) is 7.19. The van der Waals surface area contributed by atoms with Crippen molar-refractivity contribution in [2.75, 3.05) is 13.1 Å². The highest BCUT2D eigenvalue weighted by Gasteiger charge is 2.38. The van der Waals surface area contributed by atoms with Gasteiger partial charge in [0.15, 0.2) is 0 Å². The van der Waals surface area contributed by atoms with Crippen molar-refractivity contribution in [1.29, 1.82) is 0 Å². The van der Waals surface area contributed by atoms with Gasteiger partial charge in [-0.3, -0.25) is 4.79 Å². The van der Waals surface area contributed by atoms with E-state index in [0.29, 0.717) is 23.0 Å². The number of rotatable bonds is 2. The van der Waals surface area contributed by atoms with Gasteiger partial charge >= 0.3 is 12.1 Å². The first-order valence-corrected chi connectivity index (χ1v) is 8.50. The zero-order valence-corrected chi connectivity index (χ0v) is 15.4. The number of benzene rings is 1. The number of carbonyl (C=O) groups is 2. The number of amides is 1. The van der Waals surface area contributed by atoms with Gasteiger partial charge in [0, 0.05) is 19.0 Å². The first kappa shape index (κ1) is 18.9. The third-order valence-corrected chi connectivity index (χ3v) is 4.69. The molecule has 2 atom stereocenters. The van der Waals surface area contributed by atoms with Crippen LogP contribution in [0.2, 0.25) is 10.0 Å². The molecule has 1 amide bonds. The average Bonchev–Trinajstić information content (AvgIpc) is 2.47. The Morgan fingerprint density at radius 2 is 1.92 bits per heavy atom. The van der Waals surface area contributed by atoms with Gasteiger partial charge < -0.3 is 14.7 Å². The summed E-state index contributed by atoms with van der Waals surface area (Å²) in [7, 11) is 0. The Kier molecular flexibility index (Phi) is 5.66. The molecule has 1 fully saturated rings. The number of ether oxygens (including phenoxy) is 1. The molecule has 0 unspecified atom stereocenters. The monoisotopic (exact) mass is 373 g/mol. The Bertz CT molecular complexity index is 642. The summed E-state index contributed by atoms with van der Waals surface area (Å²) in [6, 6.07) is 5.07. The lowest BCUT2D eigenvalue weighted by Gasteiger charge is -2.37. The number of likely N-dealkylation sites (tertiary alicyclic amines) is 1. The number of carbonyl (C=O) groups excluding carboxylic acids is 1. The van der Waals surface area contributed by atoms with Crippen molar-refractivity contribution in [3.05, 3.63) is 33.8 Å². The number of halogens is 2. The first-order chi connectivity index (χ1) is 11.1. The maximum Gasteiger partial charge on any atom is 0.410 e. The fourth-order valence-electron chi connectivity index (χ4n) is 2.82. The van der Waals surface area contributed by atoms with Gasteiger partial charge in [0.25, 0.3) is 0 Å². The molecule has 24 heavy (non-hydrogen) atoms. The quantitative estimate of drug-likeness (QED) is 0.832. The average molecular weight is 374 g/mol. The van der Waals surface area contributed by atoms with Crippen LogP contribution >= 0.6 is 23.2 Å². The van der Waals surface area contributed by atoms with Crippen molar-refractivity contribution in [2.45, 2.75) is 38.7 Å². The summed E-state index contributed by atoms with van der Waals surface area (Å²) >= 11 is 12.0. The number of hydrogen-bond donors (Lipinski definition) is 1. The van der Waals surface area contributed by atoms with Crippen molar-refractivity contribution in [3.8, 4) is 0 Å². The predicted molar refractivity (Wildman–Crippen MR) is 92.8 cm³/mol. The molecule has 132 valence electrons. The molecule has 0 spiro atoms. The fourth-order valence-corrected chi connectivity index (χ4v) is 3.13. The molecule has 2 rings (SSSR count). The highest BCUT2D eigenvalue weighted by Crippen LogP contribution is 2.36. The molecule has 1 aliphatic heterocycles. The van der Waals surface area contributed by atoms with Crippen molar-refractivity contribution in [1.82, 2.24) is 4.90 Å². The topological polar surface area (TPSA) is 66.8 Å². The van der Waals surface area contributed by atoms with Crippen LogP contribution in [0.15, 0.2) is 18.2 Å². The van der Waals surface area contributed by atoms with Crippen LogP contribution in [-0.4, -0.2) is 40.8 Å². The molecule has 7 heteroatoms. The molecule has 1 heterocycles. The van der Waals surface area contributed by atoms with Gasteiger partial charge in [-0.15, -0.1) is 0 Å². The van der Waals surface area contributed by atoms with Crippen molar-refractivity contribution in [2.24, 2.45) is 5.92 Å². The minimum Gasteiger partial charge on any atom is -0.481 e. The second-order valence-electron chi connectivity index (χ2n) is 6.94. The molecule has 1 aromatic carbocycles. The second-order valence-corrected chi connectivity index (χ2v) is 7.75. The zero-order chi connectivity index (χ0) is 18.1. The largest absolute Gasteiger partial charge is 0.481 e. The van der Waals surface area contributed by atoms with Gasteiger partial charge in [0.1, 0.15) is 5.60 Å². The summed E-state index contributed by atoms with van der Waals surface area (Å²) < 4.78 is 5.39. The van der Waals surface area contributed by atoms with E-state index in [2.05, 4.69) is 0 Å². The molecule has 0 aliphatic carbocycles. The third kappa shape index (κ3) is 4.54. The summed E-state index contributed by atoms with van der Waals surface area (Å²) in [6.45, 7) is 6.01. The maximum atomic E-state index is 12.3. The highest BCUT2D eigenvalue weighted by atomic mass is 35.5. The number of nitrogens with zero attached hydrogens (tertiary/aromatic N) is 1. The lowest BCUT2D eigenvalue weighted by atomic mass is 9.81. The maximum absolute atomic E-state index is 12.3. The minimum atomic E-state index is -0.880. The number of aliphatic carboxylic acids is 1. The van der Waals surface area contributed by atoms with Crippen LogP contribution in [0.3, 0.4) is 0 Å². The molecule has 1 saturated heterocycles. The first-order valence-electron chi connectivity index (χ1n) is 7.74. The number of carboxylic acids is 1. The zero-order valence-electron chi connectivity index (χ0n) is 13.9. The van der Waals surface area contributed by atoms with Crippen LogP contribution in [0.4, 0.5) is 4.79 Å². The van der Waals surface area contributed by atoms with E-state index < -0.39 is 23.6 Å². The summed E-state index contributed by atoms with van der Waals surface area (Å²) in [4.78, 5) is 25.5. The summed E-state index contributed by atoms with van der Waals surface area (Å²) in [5.41, 5.74) is 0.157. The van der Waals surface area contributed by atoms with Crippen molar-refractivity contribution >= 4 is 35.3 Å². The van der Waals surface area contributed by atoms with Crippen LogP contribution in [0.5, 0.6) is 0 Å². The van der Waals surface area contributed by atoms with Crippen molar-refractivity contribution in [3.63, 3.8) is 0 Å². The number of piperidine rings is 1. The van der Waals surface area contributed by atoms with E-state index in [1.807, 2.05) is 0 Å². The summed E-state index contributed by atoms with van der Waals surface area (Å²) in [6.07, 6.45) is -0.0733. The smallest absolute Gasteiger partial charge is 0.410 e. The van der Waals surface area contributed by atoms with Crippen LogP contribution in [0.1, 0.15) is 38.7 Å². The molecular weight excluding hydrogens is 353 g/mol. The van der Waals surface area contributed by atoms with Gasteiger partial charge in [-0.1, -0.05) is 29.3 Å².